The molecule has 3 aromatic rings. The minimum absolute atomic E-state index is 0.509. The van der Waals surface area contributed by atoms with E-state index in [9.17, 15) is 20.2 Å². The van der Waals surface area contributed by atoms with Crippen molar-refractivity contribution in [3.8, 4) is 11.1 Å². The van der Waals surface area contributed by atoms with Gasteiger partial charge in [-0.15, -0.1) is 0 Å². The van der Waals surface area contributed by atoms with Crippen LogP contribution in [0.25, 0.3) is 23.3 Å². The van der Waals surface area contributed by atoms with Crippen molar-refractivity contribution in [2.45, 2.75) is 90.9 Å². The summed E-state index contributed by atoms with van der Waals surface area (Å²) in [6, 6.07) is 21.0. The third-order valence-electron chi connectivity index (χ3n) is 7.90. The summed E-state index contributed by atoms with van der Waals surface area (Å²) in [7, 11) is 0. The molecule has 0 N–H and O–H groups in total. The maximum absolute atomic E-state index is 11.2. The van der Waals surface area contributed by atoms with Crippen molar-refractivity contribution in [3.63, 3.8) is 0 Å². The first-order valence-corrected chi connectivity index (χ1v) is 16.0. The third kappa shape index (κ3) is 11.3. The first kappa shape index (κ1) is 33.5. The first-order chi connectivity index (χ1) is 20.9. The standard InChI is InChI=1S/C36H47N3O4/c1-3-5-7-9-11-13-27-37(28-14-12-10-8-6-4-2)34-24-22-33(23-25-34)32-20-17-30(18-21-32)15-16-31-19-26-35(38(40)41)36(29-31)39(42)43/h15-26,29H,3-14,27-28H2,1-2H3/b16-15+. The van der Waals surface area contributed by atoms with Crippen LogP contribution >= 0.6 is 0 Å². The van der Waals surface area contributed by atoms with Gasteiger partial charge in [0.1, 0.15) is 0 Å². The van der Waals surface area contributed by atoms with Crippen LogP contribution in [0.2, 0.25) is 0 Å². The molecule has 230 valence electrons. The van der Waals surface area contributed by atoms with Gasteiger partial charge >= 0.3 is 11.4 Å². The molecule has 0 radical (unpaired) electrons. The van der Waals surface area contributed by atoms with Crippen LogP contribution in [0, 0.1) is 20.2 Å². The highest BCUT2D eigenvalue weighted by Gasteiger charge is 2.23. The fourth-order valence-electron chi connectivity index (χ4n) is 5.32. The minimum atomic E-state index is -0.736. The van der Waals surface area contributed by atoms with Crippen LogP contribution in [0.15, 0.2) is 66.7 Å². The highest BCUT2D eigenvalue weighted by molar-refractivity contribution is 5.74. The Kier molecular flexibility index (Phi) is 14.4. The number of unbranched alkanes of at least 4 members (excludes halogenated alkanes) is 10. The second-order valence-electron chi connectivity index (χ2n) is 11.3. The molecule has 0 unspecified atom stereocenters. The van der Waals surface area contributed by atoms with Gasteiger partial charge in [-0.1, -0.05) is 127 Å². The lowest BCUT2D eigenvalue weighted by atomic mass is 10.0. The second-order valence-corrected chi connectivity index (χ2v) is 11.3. The van der Waals surface area contributed by atoms with Gasteiger partial charge in [0.15, 0.2) is 0 Å². The fraction of sp³-hybridized carbons (Fsp3) is 0.444. The Morgan fingerprint density at radius 2 is 1.00 bits per heavy atom. The molecular formula is C36H47N3O4. The fourth-order valence-corrected chi connectivity index (χ4v) is 5.32. The van der Waals surface area contributed by atoms with Gasteiger partial charge in [-0.25, -0.2) is 0 Å². The van der Waals surface area contributed by atoms with Crippen molar-refractivity contribution >= 4 is 29.2 Å². The molecule has 0 saturated heterocycles. The first-order valence-electron chi connectivity index (χ1n) is 16.0. The highest BCUT2D eigenvalue weighted by atomic mass is 16.6. The van der Waals surface area contributed by atoms with Crippen LogP contribution in [-0.4, -0.2) is 22.9 Å². The third-order valence-corrected chi connectivity index (χ3v) is 7.90. The zero-order valence-corrected chi connectivity index (χ0v) is 25.9. The van der Waals surface area contributed by atoms with Crippen LogP contribution in [0.3, 0.4) is 0 Å². The number of hydrogen-bond donors (Lipinski definition) is 0. The van der Waals surface area contributed by atoms with E-state index in [0.717, 1.165) is 29.8 Å². The normalized spacial score (nSPS) is 11.2. The van der Waals surface area contributed by atoms with E-state index in [2.05, 4.69) is 55.1 Å². The lowest BCUT2D eigenvalue weighted by Gasteiger charge is -2.25. The summed E-state index contributed by atoms with van der Waals surface area (Å²) in [6.07, 6.45) is 19.2. The van der Waals surface area contributed by atoms with E-state index in [0.29, 0.717) is 5.56 Å². The molecule has 0 aromatic heterocycles. The van der Waals surface area contributed by atoms with Crippen molar-refractivity contribution in [1.29, 1.82) is 0 Å². The lowest BCUT2D eigenvalue weighted by Crippen LogP contribution is -2.25. The van der Waals surface area contributed by atoms with Gasteiger partial charge in [0.25, 0.3) is 0 Å². The molecule has 0 aliphatic carbocycles. The van der Waals surface area contributed by atoms with E-state index in [1.54, 1.807) is 6.08 Å². The number of nitro benzene ring substituents is 2. The largest absolute Gasteiger partial charge is 0.372 e. The average molecular weight is 586 g/mol. The van der Waals surface area contributed by atoms with Gasteiger partial charge < -0.3 is 4.90 Å². The molecule has 0 saturated carbocycles. The SMILES string of the molecule is CCCCCCCCN(CCCCCCCC)c1ccc(-c2ccc(/C=C/c3ccc([N+](=O)[O-])c([N+](=O)[O-])c3)cc2)cc1. The number of nitro groups is 2. The topological polar surface area (TPSA) is 89.5 Å². The zero-order chi connectivity index (χ0) is 30.9. The van der Waals surface area contributed by atoms with Crippen LogP contribution in [0.1, 0.15) is 102 Å². The molecule has 43 heavy (non-hydrogen) atoms. The Bertz CT molecular complexity index is 1290. The summed E-state index contributed by atoms with van der Waals surface area (Å²) in [5.74, 6) is 0. The molecule has 0 atom stereocenters. The van der Waals surface area contributed by atoms with Gasteiger partial charge in [-0.05, 0) is 53.3 Å². The maximum Gasteiger partial charge on any atom is 0.346 e. The summed E-state index contributed by atoms with van der Waals surface area (Å²) in [5, 5.41) is 22.3. The predicted molar refractivity (Wildman–Crippen MR) is 180 cm³/mol. The summed E-state index contributed by atoms with van der Waals surface area (Å²) in [6.45, 7) is 6.75. The monoisotopic (exact) mass is 585 g/mol. The van der Waals surface area contributed by atoms with Crippen molar-refractivity contribution < 1.29 is 9.85 Å². The van der Waals surface area contributed by atoms with Crippen molar-refractivity contribution in [2.24, 2.45) is 0 Å². The molecular weight excluding hydrogens is 538 g/mol. The van der Waals surface area contributed by atoms with Gasteiger partial charge in [0.2, 0.25) is 0 Å². The quantitative estimate of drug-likeness (QED) is 0.0569. The highest BCUT2D eigenvalue weighted by Crippen LogP contribution is 2.29. The Morgan fingerprint density at radius 3 is 1.51 bits per heavy atom. The van der Waals surface area contributed by atoms with Gasteiger partial charge in [-0.3, -0.25) is 20.2 Å². The average Bonchev–Trinajstić information content (AvgIpc) is 3.02. The molecule has 0 amide bonds. The number of rotatable bonds is 20. The Balaban J connectivity index is 1.63. The van der Waals surface area contributed by atoms with Crippen molar-refractivity contribution in [3.05, 3.63) is 98.1 Å². The zero-order valence-electron chi connectivity index (χ0n) is 25.9. The molecule has 7 nitrogen and oxygen atoms in total. The molecule has 3 rings (SSSR count). The Morgan fingerprint density at radius 1 is 0.558 bits per heavy atom. The van der Waals surface area contributed by atoms with Crippen LogP contribution in [-0.2, 0) is 0 Å². The van der Waals surface area contributed by atoms with E-state index in [-0.39, 0.29) is 0 Å². The van der Waals surface area contributed by atoms with Gasteiger partial charge in [0, 0.05) is 30.9 Å². The van der Waals surface area contributed by atoms with E-state index in [1.165, 1.54) is 101 Å². The molecule has 0 aliphatic heterocycles. The molecule has 3 aromatic carbocycles. The van der Waals surface area contributed by atoms with Gasteiger partial charge in [0.05, 0.1) is 9.85 Å². The number of benzene rings is 3. The van der Waals surface area contributed by atoms with E-state index in [1.807, 2.05) is 18.2 Å². The number of hydrogen-bond acceptors (Lipinski definition) is 5. The van der Waals surface area contributed by atoms with Crippen LogP contribution in [0.4, 0.5) is 17.1 Å². The van der Waals surface area contributed by atoms with Gasteiger partial charge in [-0.2, -0.15) is 0 Å². The molecule has 0 spiro atoms. The summed E-state index contributed by atoms with van der Waals surface area (Å²) >= 11 is 0. The summed E-state index contributed by atoms with van der Waals surface area (Å²) < 4.78 is 0. The van der Waals surface area contributed by atoms with Crippen molar-refractivity contribution in [1.82, 2.24) is 0 Å². The summed E-state index contributed by atoms with van der Waals surface area (Å²) in [4.78, 5) is 23.4. The molecule has 7 heteroatoms. The maximum atomic E-state index is 11.2. The van der Waals surface area contributed by atoms with E-state index >= 15 is 0 Å². The van der Waals surface area contributed by atoms with E-state index in [4.69, 9.17) is 0 Å². The second kappa shape index (κ2) is 18.5. The smallest absolute Gasteiger partial charge is 0.346 e. The summed E-state index contributed by atoms with van der Waals surface area (Å²) in [5.41, 5.74) is 4.02. The Hall–Kier alpha value is -4.00. The molecule has 0 bridgehead atoms. The predicted octanol–water partition coefficient (Wildman–Crippen LogP) is 10.9. The number of anilines is 1. The van der Waals surface area contributed by atoms with Crippen LogP contribution in [0.5, 0.6) is 0 Å². The molecule has 0 fully saturated rings. The van der Waals surface area contributed by atoms with Crippen LogP contribution < -0.4 is 4.90 Å². The minimum Gasteiger partial charge on any atom is -0.372 e. The molecule has 0 heterocycles. The lowest BCUT2D eigenvalue weighted by molar-refractivity contribution is -0.422. The van der Waals surface area contributed by atoms with Crippen molar-refractivity contribution in [2.75, 3.05) is 18.0 Å². The Labute approximate surface area is 256 Å². The number of nitrogens with zero attached hydrogens (tertiary/aromatic N) is 3. The van der Waals surface area contributed by atoms with E-state index < -0.39 is 21.2 Å². The molecule has 0 aliphatic rings.